The van der Waals surface area contributed by atoms with E-state index in [2.05, 4.69) is 4.98 Å². The van der Waals surface area contributed by atoms with E-state index in [4.69, 9.17) is 5.73 Å². The number of carbonyl (C=O) groups is 1. The summed E-state index contributed by atoms with van der Waals surface area (Å²) in [5.41, 5.74) is 7.05. The Labute approximate surface area is 137 Å². The number of rotatable bonds is 4. The van der Waals surface area contributed by atoms with Crippen molar-refractivity contribution in [3.63, 3.8) is 0 Å². The molecular weight excluding hydrogens is 310 g/mol. The first kappa shape index (κ1) is 15.4. The molecule has 0 radical (unpaired) electrons. The first-order valence-electron chi connectivity index (χ1n) is 7.39. The molecule has 1 amide bonds. The number of amides is 1. The van der Waals surface area contributed by atoms with E-state index in [0.717, 1.165) is 11.1 Å². The normalized spacial score (nSPS) is 12.4. The van der Waals surface area contributed by atoms with Crippen molar-refractivity contribution in [2.24, 2.45) is 5.73 Å². The summed E-state index contributed by atoms with van der Waals surface area (Å²) in [5.74, 6) is -0.00930. The molecule has 0 fully saturated rings. The Bertz CT molecular complexity index is 928. The van der Waals surface area contributed by atoms with Crippen LogP contribution in [0.15, 0.2) is 40.5 Å². The average Bonchev–Trinajstić information content (AvgIpc) is 2.95. The quantitative estimate of drug-likeness (QED) is 0.800. The van der Waals surface area contributed by atoms with Gasteiger partial charge in [0.15, 0.2) is 0 Å². The second-order valence-electron chi connectivity index (χ2n) is 5.36. The third-order valence-electron chi connectivity index (χ3n) is 3.93. The number of benzene rings is 1. The number of fused-ring (bicyclic) bond motifs is 1. The fourth-order valence-corrected chi connectivity index (χ4v) is 3.80. The van der Waals surface area contributed by atoms with Crippen LogP contribution in [-0.4, -0.2) is 15.5 Å². The molecule has 0 saturated carbocycles. The highest BCUT2D eigenvalue weighted by atomic mass is 32.1. The van der Waals surface area contributed by atoms with E-state index < -0.39 is 11.9 Å². The van der Waals surface area contributed by atoms with Crippen LogP contribution in [0.4, 0.5) is 0 Å². The number of hydrogen-bond acceptors (Lipinski definition) is 4. The minimum absolute atomic E-state index is 0.210. The standard InChI is InChI=1S/C17H17N3O2S/c1-3-13(15(18)21)20-10(2)19-16-14(17(20)22)12(9-23-16)11-7-5-4-6-8-11/h4-9,13H,3H2,1-2H3,(H2,18,21). The Morgan fingerprint density at radius 1 is 1.35 bits per heavy atom. The maximum atomic E-state index is 13.0. The number of hydrogen-bond donors (Lipinski definition) is 1. The maximum Gasteiger partial charge on any atom is 0.263 e. The lowest BCUT2D eigenvalue weighted by molar-refractivity contribution is -0.121. The minimum Gasteiger partial charge on any atom is -0.368 e. The number of primary amides is 1. The Morgan fingerprint density at radius 2 is 2.04 bits per heavy atom. The van der Waals surface area contributed by atoms with Crippen LogP contribution < -0.4 is 11.3 Å². The van der Waals surface area contributed by atoms with Gasteiger partial charge < -0.3 is 5.73 Å². The van der Waals surface area contributed by atoms with Gasteiger partial charge >= 0.3 is 0 Å². The van der Waals surface area contributed by atoms with Gasteiger partial charge in [0.2, 0.25) is 5.91 Å². The number of aryl methyl sites for hydroxylation is 1. The van der Waals surface area contributed by atoms with Crippen LogP contribution in [0.5, 0.6) is 0 Å². The summed E-state index contributed by atoms with van der Waals surface area (Å²) in [6.45, 7) is 3.56. The van der Waals surface area contributed by atoms with Gasteiger partial charge in [0.05, 0.1) is 5.39 Å². The van der Waals surface area contributed by atoms with Gasteiger partial charge in [0, 0.05) is 10.9 Å². The topological polar surface area (TPSA) is 78.0 Å². The third-order valence-corrected chi connectivity index (χ3v) is 4.80. The molecule has 1 atom stereocenters. The summed E-state index contributed by atoms with van der Waals surface area (Å²) >= 11 is 1.43. The van der Waals surface area contributed by atoms with Crippen LogP contribution in [0.1, 0.15) is 25.2 Å². The number of thiophene rings is 1. The first-order chi connectivity index (χ1) is 11.0. The van der Waals surface area contributed by atoms with Gasteiger partial charge in [0.1, 0.15) is 16.7 Å². The number of carbonyl (C=O) groups excluding carboxylic acids is 1. The molecule has 0 spiro atoms. The molecule has 0 bridgehead atoms. The number of aromatic nitrogens is 2. The van der Waals surface area contributed by atoms with Crippen molar-refractivity contribution in [2.75, 3.05) is 0 Å². The lowest BCUT2D eigenvalue weighted by Gasteiger charge is -2.17. The molecule has 0 aliphatic rings. The van der Waals surface area contributed by atoms with Crippen LogP contribution in [0, 0.1) is 6.92 Å². The summed E-state index contributed by atoms with van der Waals surface area (Å²) in [7, 11) is 0. The molecule has 2 aromatic heterocycles. The average molecular weight is 327 g/mol. The number of nitrogens with zero attached hydrogens (tertiary/aromatic N) is 2. The van der Waals surface area contributed by atoms with Crippen LogP contribution in [-0.2, 0) is 4.79 Å². The van der Waals surface area contributed by atoms with E-state index in [1.54, 1.807) is 6.92 Å². The van der Waals surface area contributed by atoms with E-state index in [-0.39, 0.29) is 5.56 Å². The molecule has 1 aromatic carbocycles. The van der Waals surface area contributed by atoms with Crippen LogP contribution in [0.3, 0.4) is 0 Å². The fraction of sp³-hybridized carbons (Fsp3) is 0.235. The molecule has 3 aromatic rings. The Hall–Kier alpha value is -2.47. The Kier molecular flexibility index (Phi) is 4.00. The molecule has 0 aliphatic heterocycles. The highest BCUT2D eigenvalue weighted by molar-refractivity contribution is 7.17. The lowest BCUT2D eigenvalue weighted by Crippen LogP contribution is -2.35. The van der Waals surface area contributed by atoms with Crippen molar-refractivity contribution in [1.82, 2.24) is 9.55 Å². The van der Waals surface area contributed by atoms with Crippen molar-refractivity contribution >= 4 is 27.5 Å². The summed E-state index contributed by atoms with van der Waals surface area (Å²) in [5, 5.41) is 2.48. The lowest BCUT2D eigenvalue weighted by atomic mass is 10.1. The fourth-order valence-electron chi connectivity index (χ4n) is 2.81. The summed E-state index contributed by atoms with van der Waals surface area (Å²) in [4.78, 5) is 29.9. The van der Waals surface area contributed by atoms with E-state index >= 15 is 0 Å². The second kappa shape index (κ2) is 5.96. The number of nitrogens with two attached hydrogens (primary N) is 1. The summed E-state index contributed by atoms with van der Waals surface area (Å²) in [6.07, 6.45) is 0.452. The van der Waals surface area contributed by atoms with E-state index in [9.17, 15) is 9.59 Å². The highest BCUT2D eigenvalue weighted by Crippen LogP contribution is 2.31. The first-order valence-corrected chi connectivity index (χ1v) is 8.27. The van der Waals surface area contributed by atoms with E-state index in [1.807, 2.05) is 42.6 Å². The second-order valence-corrected chi connectivity index (χ2v) is 6.21. The molecule has 5 nitrogen and oxygen atoms in total. The SMILES string of the molecule is CCC(C(N)=O)n1c(C)nc2scc(-c3ccccc3)c2c1=O. The van der Waals surface area contributed by atoms with Gasteiger partial charge in [-0.25, -0.2) is 4.98 Å². The molecule has 3 rings (SSSR count). The van der Waals surface area contributed by atoms with Gasteiger partial charge in [-0.1, -0.05) is 37.3 Å². The van der Waals surface area contributed by atoms with Crippen molar-refractivity contribution in [3.8, 4) is 11.1 Å². The van der Waals surface area contributed by atoms with Gasteiger partial charge in [-0.05, 0) is 18.9 Å². The smallest absolute Gasteiger partial charge is 0.263 e. The van der Waals surface area contributed by atoms with Gasteiger partial charge in [-0.2, -0.15) is 0 Å². The van der Waals surface area contributed by atoms with Crippen LogP contribution >= 0.6 is 11.3 Å². The molecule has 0 saturated heterocycles. The summed E-state index contributed by atoms with van der Waals surface area (Å²) < 4.78 is 1.42. The molecule has 0 aliphatic carbocycles. The van der Waals surface area contributed by atoms with E-state index in [1.165, 1.54) is 15.9 Å². The molecular formula is C17H17N3O2S. The van der Waals surface area contributed by atoms with Crippen LogP contribution in [0.25, 0.3) is 21.3 Å². The van der Waals surface area contributed by atoms with Crippen molar-refractivity contribution in [3.05, 3.63) is 51.9 Å². The van der Waals surface area contributed by atoms with E-state index in [0.29, 0.717) is 22.5 Å². The van der Waals surface area contributed by atoms with Crippen LogP contribution in [0.2, 0.25) is 0 Å². The zero-order valence-corrected chi connectivity index (χ0v) is 13.8. The molecule has 2 N–H and O–H groups in total. The summed E-state index contributed by atoms with van der Waals surface area (Å²) in [6, 6.07) is 9.02. The predicted molar refractivity (Wildman–Crippen MR) is 92.6 cm³/mol. The van der Waals surface area contributed by atoms with Gasteiger partial charge in [0.25, 0.3) is 5.56 Å². The van der Waals surface area contributed by atoms with Crippen molar-refractivity contribution < 1.29 is 4.79 Å². The largest absolute Gasteiger partial charge is 0.368 e. The molecule has 2 heterocycles. The molecule has 23 heavy (non-hydrogen) atoms. The zero-order chi connectivity index (χ0) is 16.6. The Balaban J connectivity index is 2.33. The zero-order valence-electron chi connectivity index (χ0n) is 12.9. The highest BCUT2D eigenvalue weighted by Gasteiger charge is 2.22. The predicted octanol–water partition coefficient (Wildman–Crippen LogP) is 2.87. The maximum absolute atomic E-state index is 13.0. The van der Waals surface area contributed by atoms with Gasteiger partial charge in [-0.3, -0.25) is 14.2 Å². The Morgan fingerprint density at radius 3 is 2.65 bits per heavy atom. The molecule has 6 heteroatoms. The minimum atomic E-state index is -0.678. The van der Waals surface area contributed by atoms with Gasteiger partial charge in [-0.15, -0.1) is 11.3 Å². The molecule has 1 unspecified atom stereocenters. The van der Waals surface area contributed by atoms with Crippen molar-refractivity contribution in [1.29, 1.82) is 0 Å². The third kappa shape index (κ3) is 2.55. The molecule has 118 valence electrons. The van der Waals surface area contributed by atoms with Crippen molar-refractivity contribution in [2.45, 2.75) is 26.3 Å². The monoisotopic (exact) mass is 327 g/mol.